The van der Waals surface area contributed by atoms with E-state index in [4.69, 9.17) is 4.74 Å². The van der Waals surface area contributed by atoms with E-state index in [-0.39, 0.29) is 18.3 Å². The molecule has 146 valence electrons. The van der Waals surface area contributed by atoms with Crippen molar-refractivity contribution in [1.82, 2.24) is 10.6 Å². The summed E-state index contributed by atoms with van der Waals surface area (Å²) in [5, 5.41) is 15.0. The minimum absolute atomic E-state index is 0.111. The fourth-order valence-corrected chi connectivity index (χ4v) is 2.43. The fourth-order valence-electron chi connectivity index (χ4n) is 2.43. The zero-order valence-corrected chi connectivity index (χ0v) is 16.0. The van der Waals surface area contributed by atoms with E-state index >= 15 is 0 Å². The highest BCUT2D eigenvalue weighted by molar-refractivity contribution is 5.73. The zero-order valence-electron chi connectivity index (χ0n) is 16.0. The summed E-state index contributed by atoms with van der Waals surface area (Å²) in [4.78, 5) is 23.4. The monoisotopic (exact) mass is 368 g/mol. The highest BCUT2D eigenvalue weighted by atomic mass is 19.1. The topological polar surface area (TPSA) is 87.7 Å². The van der Waals surface area contributed by atoms with Gasteiger partial charge >= 0.3 is 12.1 Å². The Balaban J connectivity index is 2.81. The molecule has 7 heteroatoms. The molecule has 1 rings (SSSR count). The van der Waals surface area contributed by atoms with Crippen molar-refractivity contribution in [2.45, 2.75) is 58.7 Å². The van der Waals surface area contributed by atoms with E-state index in [2.05, 4.69) is 10.6 Å². The number of carboxylic acids is 1. The summed E-state index contributed by atoms with van der Waals surface area (Å²) < 4.78 is 18.4. The van der Waals surface area contributed by atoms with Crippen molar-refractivity contribution in [3.63, 3.8) is 0 Å². The maximum absolute atomic E-state index is 13.1. The maximum atomic E-state index is 13.1. The molecule has 0 saturated heterocycles. The number of nitrogens with one attached hydrogen (secondary N) is 2. The number of rotatable bonds is 8. The minimum atomic E-state index is -0.946. The molecule has 0 fully saturated rings. The second-order valence-electron chi connectivity index (χ2n) is 7.64. The average Bonchev–Trinajstić information content (AvgIpc) is 2.46. The molecule has 2 atom stereocenters. The number of hydrogen-bond acceptors (Lipinski definition) is 4. The van der Waals surface area contributed by atoms with Crippen LogP contribution in [0, 0.1) is 11.7 Å². The van der Waals surface area contributed by atoms with Crippen LogP contribution in [0.15, 0.2) is 24.3 Å². The van der Waals surface area contributed by atoms with Gasteiger partial charge in [0.1, 0.15) is 17.5 Å². The molecular weight excluding hydrogens is 339 g/mol. The molecule has 0 aromatic heterocycles. The van der Waals surface area contributed by atoms with E-state index in [0.29, 0.717) is 6.42 Å². The van der Waals surface area contributed by atoms with E-state index in [1.807, 2.05) is 13.8 Å². The number of carbonyl (C=O) groups excluding carboxylic acids is 1. The van der Waals surface area contributed by atoms with Crippen molar-refractivity contribution < 1.29 is 23.8 Å². The fraction of sp³-hybridized carbons (Fsp3) is 0.579. The largest absolute Gasteiger partial charge is 0.480 e. The van der Waals surface area contributed by atoms with Crippen molar-refractivity contribution >= 4 is 12.1 Å². The molecule has 0 heterocycles. The van der Waals surface area contributed by atoms with Crippen LogP contribution >= 0.6 is 0 Å². The number of aliphatic carboxylic acids is 1. The van der Waals surface area contributed by atoms with Crippen molar-refractivity contribution in [1.29, 1.82) is 0 Å². The molecule has 0 aliphatic carbocycles. The molecule has 2 unspecified atom stereocenters. The third kappa shape index (κ3) is 8.29. The quantitative estimate of drug-likeness (QED) is 0.657. The lowest BCUT2D eigenvalue weighted by molar-refractivity contribution is -0.140. The molecule has 0 radical (unpaired) electrons. The van der Waals surface area contributed by atoms with Crippen LogP contribution in [0.5, 0.6) is 0 Å². The number of ether oxygens (including phenoxy) is 1. The van der Waals surface area contributed by atoms with Crippen LogP contribution in [-0.4, -0.2) is 41.4 Å². The normalized spacial score (nSPS) is 14.0. The number of hydrogen-bond donors (Lipinski definition) is 3. The second kappa shape index (κ2) is 9.52. The lowest BCUT2D eigenvalue weighted by Crippen LogP contribution is -2.50. The molecule has 1 aromatic carbocycles. The van der Waals surface area contributed by atoms with Crippen LogP contribution in [0.2, 0.25) is 0 Å². The van der Waals surface area contributed by atoms with Crippen molar-refractivity contribution in [3.8, 4) is 0 Å². The van der Waals surface area contributed by atoms with Crippen LogP contribution in [0.1, 0.15) is 40.2 Å². The third-order valence-corrected chi connectivity index (χ3v) is 3.63. The van der Waals surface area contributed by atoms with Crippen molar-refractivity contribution in [3.05, 3.63) is 35.6 Å². The Hall–Kier alpha value is -2.15. The predicted molar refractivity (Wildman–Crippen MR) is 97.5 cm³/mol. The van der Waals surface area contributed by atoms with Gasteiger partial charge in [0.15, 0.2) is 0 Å². The van der Waals surface area contributed by atoms with E-state index in [9.17, 15) is 19.1 Å². The van der Waals surface area contributed by atoms with Crippen LogP contribution in [-0.2, 0) is 16.0 Å². The summed E-state index contributed by atoms with van der Waals surface area (Å²) in [6.07, 6.45) is -0.167. The van der Waals surface area contributed by atoms with E-state index in [1.54, 1.807) is 32.9 Å². The second-order valence-corrected chi connectivity index (χ2v) is 7.64. The first-order valence-electron chi connectivity index (χ1n) is 8.68. The molecule has 26 heavy (non-hydrogen) atoms. The molecular formula is C19H29FN2O4. The van der Waals surface area contributed by atoms with Crippen molar-refractivity contribution in [2.75, 3.05) is 6.54 Å². The first-order chi connectivity index (χ1) is 12.0. The van der Waals surface area contributed by atoms with Gasteiger partial charge < -0.3 is 20.5 Å². The smallest absolute Gasteiger partial charge is 0.407 e. The highest BCUT2D eigenvalue weighted by Crippen LogP contribution is 2.10. The van der Waals surface area contributed by atoms with Gasteiger partial charge in [0.2, 0.25) is 0 Å². The number of benzene rings is 1. The van der Waals surface area contributed by atoms with Crippen LogP contribution in [0.25, 0.3) is 0 Å². The van der Waals surface area contributed by atoms with Gasteiger partial charge in [-0.3, -0.25) is 4.79 Å². The number of amides is 1. The molecule has 0 aliphatic rings. The molecule has 3 N–H and O–H groups in total. The SMILES string of the molecule is CC(C)C(NCC(Cc1ccc(F)cc1)NC(=O)OC(C)(C)C)C(=O)O. The summed E-state index contributed by atoms with van der Waals surface area (Å²) in [5.41, 5.74) is 0.185. The standard InChI is InChI=1S/C19H29FN2O4/c1-12(2)16(17(23)24)21-11-15(22-18(25)26-19(3,4)5)10-13-6-8-14(20)9-7-13/h6-9,12,15-16,21H,10-11H2,1-5H3,(H,22,25)(H,23,24). The van der Waals surface area contributed by atoms with E-state index < -0.39 is 29.7 Å². The highest BCUT2D eigenvalue weighted by Gasteiger charge is 2.24. The van der Waals surface area contributed by atoms with Crippen LogP contribution in [0.4, 0.5) is 9.18 Å². The molecule has 1 aromatic rings. The number of carbonyl (C=O) groups is 2. The molecule has 0 saturated carbocycles. The Labute approximate surface area is 154 Å². The number of alkyl carbamates (subject to hydrolysis) is 1. The number of carboxylic acid groups (broad SMARTS) is 1. The lowest BCUT2D eigenvalue weighted by atomic mass is 10.0. The third-order valence-electron chi connectivity index (χ3n) is 3.63. The van der Waals surface area contributed by atoms with Gasteiger partial charge in [0, 0.05) is 12.6 Å². The van der Waals surface area contributed by atoms with Gasteiger partial charge in [-0.1, -0.05) is 26.0 Å². The first-order valence-corrected chi connectivity index (χ1v) is 8.68. The molecule has 0 aliphatic heterocycles. The van der Waals surface area contributed by atoms with Gasteiger partial charge in [-0.15, -0.1) is 0 Å². The summed E-state index contributed by atoms with van der Waals surface area (Å²) in [5.74, 6) is -1.40. The maximum Gasteiger partial charge on any atom is 0.407 e. The molecule has 1 amide bonds. The lowest BCUT2D eigenvalue weighted by Gasteiger charge is -2.26. The Kier molecular flexibility index (Phi) is 8.02. The Morgan fingerprint density at radius 3 is 2.23 bits per heavy atom. The van der Waals surface area contributed by atoms with Gasteiger partial charge in [-0.2, -0.15) is 0 Å². The Bertz CT molecular complexity index is 597. The van der Waals surface area contributed by atoms with Crippen LogP contribution < -0.4 is 10.6 Å². The summed E-state index contributed by atoms with van der Waals surface area (Å²) in [6.45, 7) is 9.15. The van der Waals surface area contributed by atoms with Crippen LogP contribution in [0.3, 0.4) is 0 Å². The minimum Gasteiger partial charge on any atom is -0.480 e. The van der Waals surface area contributed by atoms with Crippen molar-refractivity contribution in [2.24, 2.45) is 5.92 Å². The number of halogens is 1. The van der Waals surface area contributed by atoms with Gasteiger partial charge in [0.05, 0.1) is 0 Å². The van der Waals surface area contributed by atoms with E-state index in [1.165, 1.54) is 12.1 Å². The van der Waals surface area contributed by atoms with Gasteiger partial charge in [-0.25, -0.2) is 9.18 Å². The summed E-state index contributed by atoms with van der Waals surface area (Å²) in [6, 6.07) is 4.83. The van der Waals surface area contributed by atoms with E-state index in [0.717, 1.165) is 5.56 Å². The summed E-state index contributed by atoms with van der Waals surface area (Å²) >= 11 is 0. The van der Waals surface area contributed by atoms with Gasteiger partial charge in [0.25, 0.3) is 0 Å². The molecule has 0 spiro atoms. The molecule has 0 bridgehead atoms. The Morgan fingerprint density at radius 2 is 1.77 bits per heavy atom. The average molecular weight is 368 g/mol. The first kappa shape index (κ1) is 21.9. The molecule has 6 nitrogen and oxygen atoms in total. The Morgan fingerprint density at radius 1 is 1.19 bits per heavy atom. The zero-order chi connectivity index (χ0) is 19.9. The summed E-state index contributed by atoms with van der Waals surface area (Å²) in [7, 11) is 0. The predicted octanol–water partition coefficient (Wildman–Crippen LogP) is 2.96. The van der Waals surface area contributed by atoms with Gasteiger partial charge in [-0.05, 0) is 50.8 Å².